The van der Waals surface area contributed by atoms with Gasteiger partial charge in [-0.15, -0.1) is 12.4 Å². The van der Waals surface area contributed by atoms with Gasteiger partial charge in [0.25, 0.3) is 5.91 Å². The van der Waals surface area contributed by atoms with Crippen molar-refractivity contribution in [3.8, 4) is 0 Å². The van der Waals surface area contributed by atoms with E-state index in [9.17, 15) is 9.18 Å². The molecule has 1 aromatic carbocycles. The van der Waals surface area contributed by atoms with Gasteiger partial charge in [0.2, 0.25) is 0 Å². The number of aryl methyl sites for hydroxylation is 1. The fourth-order valence-electron chi connectivity index (χ4n) is 1.52. The minimum Gasteiger partial charge on any atom is -0.373 e. The lowest BCUT2D eigenvalue weighted by Crippen LogP contribution is -2.41. The molecule has 3 N–H and O–H groups in total. The van der Waals surface area contributed by atoms with E-state index in [1.54, 1.807) is 24.5 Å². The van der Waals surface area contributed by atoms with Gasteiger partial charge in [0.1, 0.15) is 11.9 Å². The molecule has 1 rings (SSSR count). The van der Waals surface area contributed by atoms with Crippen LogP contribution in [-0.2, 0) is 4.79 Å². The molecule has 0 bridgehead atoms. The maximum absolute atomic E-state index is 13.1. The van der Waals surface area contributed by atoms with Crippen LogP contribution in [0.5, 0.6) is 0 Å². The monoisotopic (exact) mass is 276 g/mol. The number of carbonyl (C=O) groups is 1. The summed E-state index contributed by atoms with van der Waals surface area (Å²) in [6.07, 6.45) is 0. The van der Waals surface area contributed by atoms with Gasteiger partial charge in [-0.1, -0.05) is 13.8 Å². The fourth-order valence-corrected chi connectivity index (χ4v) is 1.52. The van der Waals surface area contributed by atoms with E-state index in [0.29, 0.717) is 11.3 Å². The summed E-state index contributed by atoms with van der Waals surface area (Å²) in [5.74, 6) is -0.808. The molecule has 0 fully saturated rings. The summed E-state index contributed by atoms with van der Waals surface area (Å²) >= 11 is 0. The minimum absolute atomic E-state index is 0. The first-order chi connectivity index (χ1) is 7.95. The molecule has 0 spiro atoms. The molecule has 0 saturated heterocycles. The van der Waals surface area contributed by atoms with Crippen LogP contribution in [0.2, 0.25) is 0 Å². The van der Waals surface area contributed by atoms with Crippen LogP contribution in [0.25, 0.3) is 0 Å². The molecule has 1 aromatic rings. The average molecular weight is 277 g/mol. The fraction of sp³-hybridized carbons (Fsp3) is 0.417. The van der Waals surface area contributed by atoms with Crippen LogP contribution in [0.1, 0.15) is 19.4 Å². The van der Waals surface area contributed by atoms with Crippen molar-refractivity contribution in [1.82, 2.24) is 5.48 Å². The van der Waals surface area contributed by atoms with Crippen molar-refractivity contribution >= 4 is 24.0 Å². The lowest BCUT2D eigenvalue weighted by molar-refractivity contribution is -0.130. The molecule has 0 aromatic heterocycles. The van der Waals surface area contributed by atoms with Crippen molar-refractivity contribution in [2.45, 2.75) is 26.8 Å². The van der Waals surface area contributed by atoms with Gasteiger partial charge in [0.15, 0.2) is 0 Å². The van der Waals surface area contributed by atoms with Crippen LogP contribution in [0, 0.1) is 18.7 Å². The lowest BCUT2D eigenvalue weighted by Gasteiger charge is -2.21. The van der Waals surface area contributed by atoms with E-state index >= 15 is 0 Å². The molecule has 0 aliphatic rings. The molecule has 1 amide bonds. The van der Waals surface area contributed by atoms with Crippen molar-refractivity contribution in [3.63, 3.8) is 0 Å². The molecule has 0 aliphatic carbocycles. The van der Waals surface area contributed by atoms with Gasteiger partial charge in [-0.3, -0.25) is 10.0 Å². The molecule has 0 heterocycles. The standard InChI is InChI=1S/C12H17FN2O2.ClH/c1-7(2)11(12(16)15-17)14-9-4-5-10(13)8(3)6-9;/h4-7,11,14,17H,1-3H3,(H,15,16);1H/t11-;/m1./s1. The molecule has 6 heteroatoms. The van der Waals surface area contributed by atoms with Crippen LogP contribution in [0.3, 0.4) is 0 Å². The second-order valence-electron chi connectivity index (χ2n) is 4.31. The number of halogens is 2. The number of amides is 1. The first kappa shape index (κ1) is 16.7. The van der Waals surface area contributed by atoms with Crippen LogP contribution < -0.4 is 10.8 Å². The molecule has 0 radical (unpaired) electrons. The second-order valence-corrected chi connectivity index (χ2v) is 4.31. The summed E-state index contributed by atoms with van der Waals surface area (Å²) in [5, 5.41) is 11.6. The molecule has 0 aliphatic heterocycles. The Kier molecular flexibility index (Phi) is 6.65. The highest BCUT2D eigenvalue weighted by atomic mass is 35.5. The van der Waals surface area contributed by atoms with E-state index in [1.807, 2.05) is 13.8 Å². The number of nitrogens with one attached hydrogen (secondary N) is 2. The molecule has 18 heavy (non-hydrogen) atoms. The normalized spacial score (nSPS) is 11.7. The van der Waals surface area contributed by atoms with Gasteiger partial charge in [0.05, 0.1) is 0 Å². The van der Waals surface area contributed by atoms with Crippen LogP contribution in [0.15, 0.2) is 18.2 Å². The Morgan fingerprint density at radius 1 is 1.39 bits per heavy atom. The van der Waals surface area contributed by atoms with E-state index in [4.69, 9.17) is 5.21 Å². The highest BCUT2D eigenvalue weighted by Crippen LogP contribution is 2.16. The molecule has 4 nitrogen and oxygen atoms in total. The second kappa shape index (κ2) is 7.18. The first-order valence-corrected chi connectivity index (χ1v) is 5.42. The Bertz CT molecular complexity index is 413. The summed E-state index contributed by atoms with van der Waals surface area (Å²) in [6.45, 7) is 5.35. The quantitative estimate of drug-likeness (QED) is 0.585. The van der Waals surface area contributed by atoms with Crippen LogP contribution in [-0.4, -0.2) is 17.2 Å². The maximum Gasteiger partial charge on any atom is 0.266 e. The van der Waals surface area contributed by atoms with Gasteiger partial charge >= 0.3 is 0 Å². The van der Waals surface area contributed by atoms with Crippen LogP contribution in [0.4, 0.5) is 10.1 Å². The van der Waals surface area contributed by atoms with Gasteiger partial charge in [-0.05, 0) is 36.6 Å². The van der Waals surface area contributed by atoms with Crippen molar-refractivity contribution in [3.05, 3.63) is 29.6 Å². The largest absolute Gasteiger partial charge is 0.373 e. The Balaban J connectivity index is 0.00000289. The Morgan fingerprint density at radius 3 is 2.44 bits per heavy atom. The summed E-state index contributed by atoms with van der Waals surface area (Å²) in [7, 11) is 0. The minimum atomic E-state index is -0.565. The highest BCUT2D eigenvalue weighted by molar-refractivity contribution is 5.85. The van der Waals surface area contributed by atoms with Crippen LogP contribution >= 0.6 is 12.4 Å². The number of hydrogen-bond donors (Lipinski definition) is 3. The third-order valence-electron chi connectivity index (χ3n) is 2.54. The summed E-state index contributed by atoms with van der Waals surface area (Å²) in [4.78, 5) is 11.4. The smallest absolute Gasteiger partial charge is 0.266 e. The average Bonchev–Trinajstić information content (AvgIpc) is 2.29. The lowest BCUT2D eigenvalue weighted by atomic mass is 10.0. The van der Waals surface area contributed by atoms with Gasteiger partial charge in [-0.2, -0.15) is 0 Å². The number of hydrogen-bond acceptors (Lipinski definition) is 3. The summed E-state index contributed by atoms with van der Waals surface area (Å²) in [5.41, 5.74) is 2.76. The SMILES string of the molecule is Cc1cc(N[C@@H](C(=O)NO)C(C)C)ccc1F.Cl. The third-order valence-corrected chi connectivity index (χ3v) is 2.54. The number of hydroxylamine groups is 1. The van der Waals surface area contributed by atoms with E-state index < -0.39 is 11.9 Å². The predicted octanol–water partition coefficient (Wildman–Crippen LogP) is 2.50. The molecule has 0 saturated carbocycles. The first-order valence-electron chi connectivity index (χ1n) is 5.42. The van der Waals surface area contributed by atoms with E-state index in [0.717, 1.165) is 0 Å². The van der Waals surface area contributed by atoms with Crippen molar-refractivity contribution < 1.29 is 14.4 Å². The number of carbonyl (C=O) groups excluding carboxylic acids is 1. The van der Waals surface area contributed by atoms with Crippen molar-refractivity contribution in [1.29, 1.82) is 0 Å². The molecular weight excluding hydrogens is 259 g/mol. The van der Waals surface area contributed by atoms with Gasteiger partial charge < -0.3 is 5.32 Å². The van der Waals surface area contributed by atoms with Crippen molar-refractivity contribution in [2.24, 2.45) is 5.92 Å². The summed E-state index contributed by atoms with van der Waals surface area (Å²) in [6, 6.07) is 3.95. The predicted molar refractivity (Wildman–Crippen MR) is 70.6 cm³/mol. The Morgan fingerprint density at radius 2 is 2.00 bits per heavy atom. The van der Waals surface area contributed by atoms with Crippen molar-refractivity contribution in [2.75, 3.05) is 5.32 Å². The number of rotatable bonds is 4. The van der Waals surface area contributed by atoms with E-state index in [2.05, 4.69) is 5.32 Å². The van der Waals surface area contributed by atoms with Gasteiger partial charge in [0, 0.05) is 5.69 Å². The zero-order valence-electron chi connectivity index (χ0n) is 10.5. The Hall–Kier alpha value is -1.33. The summed E-state index contributed by atoms with van der Waals surface area (Å²) < 4.78 is 13.1. The Labute approximate surface area is 112 Å². The molecule has 102 valence electrons. The molecule has 0 unspecified atom stereocenters. The highest BCUT2D eigenvalue weighted by Gasteiger charge is 2.21. The zero-order valence-corrected chi connectivity index (χ0v) is 11.3. The number of anilines is 1. The molecular formula is C12H18ClFN2O2. The zero-order chi connectivity index (χ0) is 13.0. The third kappa shape index (κ3) is 4.16. The van der Waals surface area contributed by atoms with E-state index in [-0.39, 0.29) is 24.1 Å². The molecule has 1 atom stereocenters. The maximum atomic E-state index is 13.1. The van der Waals surface area contributed by atoms with E-state index in [1.165, 1.54) is 6.07 Å². The number of benzene rings is 1. The topological polar surface area (TPSA) is 61.4 Å². The van der Waals surface area contributed by atoms with Gasteiger partial charge in [-0.25, -0.2) is 9.87 Å².